The number of Topliss-reactive ketones (excluding diaryl/α,β-unsaturated/α-hetero) is 1. The van der Waals surface area contributed by atoms with Gasteiger partial charge in [0.05, 0.1) is 6.04 Å². The molecule has 1 saturated heterocycles. The smallest absolute Gasteiger partial charge is 0.179 e. The highest BCUT2D eigenvalue weighted by molar-refractivity contribution is 6.00. The van der Waals surface area contributed by atoms with E-state index >= 15 is 0 Å². The van der Waals surface area contributed by atoms with Crippen molar-refractivity contribution in [3.8, 4) is 0 Å². The van der Waals surface area contributed by atoms with Crippen molar-refractivity contribution in [3.05, 3.63) is 34.9 Å². The van der Waals surface area contributed by atoms with E-state index in [9.17, 15) is 4.79 Å². The monoisotopic (exact) mass is 272 g/mol. The molecule has 0 aromatic heterocycles. The Kier molecular flexibility index (Phi) is 4.18. The summed E-state index contributed by atoms with van der Waals surface area (Å²) in [6, 6.07) is 6.35. The van der Waals surface area contributed by atoms with Gasteiger partial charge in [0.2, 0.25) is 0 Å². The van der Waals surface area contributed by atoms with Crippen LogP contribution in [0.15, 0.2) is 18.2 Å². The Hall–Kier alpha value is -1.19. The van der Waals surface area contributed by atoms with E-state index in [1.54, 1.807) is 0 Å². The van der Waals surface area contributed by atoms with Crippen molar-refractivity contribution < 1.29 is 4.79 Å². The van der Waals surface area contributed by atoms with Crippen molar-refractivity contribution in [1.29, 1.82) is 0 Å². The van der Waals surface area contributed by atoms with E-state index in [2.05, 4.69) is 22.3 Å². The summed E-state index contributed by atoms with van der Waals surface area (Å²) in [5, 5.41) is 3.34. The molecule has 1 aliphatic heterocycles. The number of fused-ring (bicyclic) bond motifs is 1. The molecule has 20 heavy (non-hydrogen) atoms. The van der Waals surface area contributed by atoms with Gasteiger partial charge in [0.1, 0.15) is 0 Å². The first kappa shape index (κ1) is 13.8. The molecule has 1 aromatic carbocycles. The van der Waals surface area contributed by atoms with Gasteiger partial charge >= 0.3 is 0 Å². The molecule has 1 aromatic rings. The molecule has 0 radical (unpaired) electrons. The van der Waals surface area contributed by atoms with Gasteiger partial charge in [-0.05, 0) is 49.8 Å². The third-order valence-corrected chi connectivity index (χ3v) is 4.71. The molecule has 0 saturated carbocycles. The summed E-state index contributed by atoms with van der Waals surface area (Å²) < 4.78 is 0. The van der Waals surface area contributed by atoms with Crippen molar-refractivity contribution in [2.45, 2.75) is 38.6 Å². The van der Waals surface area contributed by atoms with Crippen LogP contribution in [0.25, 0.3) is 0 Å². The Morgan fingerprint density at radius 2 is 1.85 bits per heavy atom. The topological polar surface area (TPSA) is 32.3 Å². The van der Waals surface area contributed by atoms with Gasteiger partial charge in [-0.25, -0.2) is 0 Å². The average Bonchev–Trinajstić information content (AvgIpc) is 2.54. The van der Waals surface area contributed by atoms with Crippen LogP contribution in [0, 0.1) is 0 Å². The van der Waals surface area contributed by atoms with Gasteiger partial charge in [0.15, 0.2) is 5.78 Å². The molecule has 3 heteroatoms. The summed E-state index contributed by atoms with van der Waals surface area (Å²) in [4.78, 5) is 15.0. The number of piperazine rings is 1. The molecular formula is C17H24N2O. The number of carbonyl (C=O) groups is 1. The van der Waals surface area contributed by atoms with Gasteiger partial charge in [0, 0.05) is 31.7 Å². The second-order valence-corrected chi connectivity index (χ2v) is 6.02. The Bertz CT molecular complexity index is 492. The number of nitrogens with zero attached hydrogens (tertiary/aromatic N) is 1. The molecule has 0 spiro atoms. The maximum absolute atomic E-state index is 12.7. The quantitative estimate of drug-likeness (QED) is 0.855. The summed E-state index contributed by atoms with van der Waals surface area (Å²) in [5.74, 6) is 0.278. The van der Waals surface area contributed by atoms with Crippen molar-refractivity contribution >= 4 is 5.78 Å². The van der Waals surface area contributed by atoms with Crippen molar-refractivity contribution in [3.63, 3.8) is 0 Å². The van der Waals surface area contributed by atoms with E-state index in [0.29, 0.717) is 0 Å². The molecule has 2 aliphatic rings. The highest BCUT2D eigenvalue weighted by Crippen LogP contribution is 2.23. The Balaban J connectivity index is 1.75. The molecule has 1 heterocycles. The third-order valence-electron chi connectivity index (χ3n) is 4.71. The van der Waals surface area contributed by atoms with Gasteiger partial charge in [-0.3, -0.25) is 9.69 Å². The van der Waals surface area contributed by atoms with Gasteiger partial charge in [-0.15, -0.1) is 0 Å². The lowest BCUT2D eigenvalue weighted by atomic mass is 9.89. The normalized spacial score (nSPS) is 21.2. The number of nitrogens with one attached hydrogen (secondary N) is 1. The Morgan fingerprint density at radius 1 is 1.15 bits per heavy atom. The SMILES string of the molecule is CC(C(=O)c1ccc2c(c1)CCCC2)N1CCNCC1. The molecule has 1 atom stereocenters. The number of hydrogen-bond donors (Lipinski definition) is 1. The number of hydrogen-bond acceptors (Lipinski definition) is 3. The van der Waals surface area contributed by atoms with E-state index in [0.717, 1.165) is 38.2 Å². The summed E-state index contributed by atoms with van der Waals surface area (Å²) >= 11 is 0. The van der Waals surface area contributed by atoms with Crippen LogP contribution in [0.2, 0.25) is 0 Å². The van der Waals surface area contributed by atoms with Gasteiger partial charge in [-0.1, -0.05) is 12.1 Å². The molecule has 1 aliphatic carbocycles. The highest BCUT2D eigenvalue weighted by atomic mass is 16.1. The predicted molar refractivity (Wildman–Crippen MR) is 81.3 cm³/mol. The fourth-order valence-electron chi connectivity index (χ4n) is 3.36. The van der Waals surface area contributed by atoms with E-state index < -0.39 is 0 Å². The van der Waals surface area contributed by atoms with Gasteiger partial charge < -0.3 is 5.32 Å². The molecule has 108 valence electrons. The van der Waals surface area contributed by atoms with Crippen LogP contribution in [0.4, 0.5) is 0 Å². The number of carbonyl (C=O) groups excluding carboxylic acids is 1. The maximum Gasteiger partial charge on any atom is 0.179 e. The number of aryl methyl sites for hydroxylation is 2. The minimum absolute atomic E-state index is 0.00117. The molecular weight excluding hydrogens is 248 g/mol. The van der Waals surface area contributed by atoms with Crippen LogP contribution < -0.4 is 5.32 Å². The summed E-state index contributed by atoms with van der Waals surface area (Å²) in [6.07, 6.45) is 4.87. The lowest BCUT2D eigenvalue weighted by molar-refractivity contribution is 0.0820. The largest absolute Gasteiger partial charge is 0.314 e. The lowest BCUT2D eigenvalue weighted by Gasteiger charge is -2.32. The van der Waals surface area contributed by atoms with E-state index in [1.165, 1.54) is 30.4 Å². The maximum atomic E-state index is 12.7. The first-order valence-electron chi connectivity index (χ1n) is 7.86. The van der Waals surface area contributed by atoms with Gasteiger partial charge in [-0.2, -0.15) is 0 Å². The standard InChI is InChI=1S/C17H24N2O/c1-13(19-10-8-18-9-11-19)17(20)16-7-6-14-4-2-3-5-15(14)12-16/h6-7,12-13,18H,2-5,8-11H2,1H3. The molecule has 3 rings (SSSR count). The fourth-order valence-corrected chi connectivity index (χ4v) is 3.36. The zero-order chi connectivity index (χ0) is 13.9. The van der Waals surface area contributed by atoms with Crippen LogP contribution in [-0.2, 0) is 12.8 Å². The minimum Gasteiger partial charge on any atom is -0.314 e. The van der Waals surface area contributed by atoms with Gasteiger partial charge in [0.25, 0.3) is 0 Å². The van der Waals surface area contributed by atoms with E-state index in [1.807, 2.05) is 13.0 Å². The highest BCUT2D eigenvalue weighted by Gasteiger charge is 2.24. The van der Waals surface area contributed by atoms with Crippen LogP contribution >= 0.6 is 0 Å². The molecule has 3 nitrogen and oxygen atoms in total. The van der Waals surface area contributed by atoms with Crippen molar-refractivity contribution in [2.75, 3.05) is 26.2 Å². The molecule has 1 unspecified atom stereocenters. The third kappa shape index (κ3) is 2.79. The van der Waals surface area contributed by atoms with Crippen LogP contribution in [0.1, 0.15) is 41.3 Å². The van der Waals surface area contributed by atoms with E-state index in [4.69, 9.17) is 0 Å². The van der Waals surface area contributed by atoms with Crippen LogP contribution in [0.5, 0.6) is 0 Å². The first-order chi connectivity index (χ1) is 9.75. The Labute approximate surface area is 121 Å². The van der Waals surface area contributed by atoms with Crippen molar-refractivity contribution in [1.82, 2.24) is 10.2 Å². The van der Waals surface area contributed by atoms with Crippen LogP contribution in [-0.4, -0.2) is 42.9 Å². The molecule has 0 bridgehead atoms. The minimum atomic E-state index is -0.00117. The first-order valence-corrected chi connectivity index (χ1v) is 7.86. The second kappa shape index (κ2) is 6.06. The van der Waals surface area contributed by atoms with E-state index in [-0.39, 0.29) is 11.8 Å². The lowest BCUT2D eigenvalue weighted by Crippen LogP contribution is -2.50. The summed E-state index contributed by atoms with van der Waals surface area (Å²) in [5.41, 5.74) is 3.74. The second-order valence-electron chi connectivity index (χ2n) is 6.02. The summed E-state index contributed by atoms with van der Waals surface area (Å²) in [6.45, 7) is 5.96. The molecule has 1 fully saturated rings. The zero-order valence-corrected chi connectivity index (χ0v) is 12.3. The summed E-state index contributed by atoms with van der Waals surface area (Å²) in [7, 11) is 0. The molecule has 1 N–H and O–H groups in total. The number of ketones is 1. The molecule has 0 amide bonds. The van der Waals surface area contributed by atoms with Crippen molar-refractivity contribution in [2.24, 2.45) is 0 Å². The average molecular weight is 272 g/mol. The Morgan fingerprint density at radius 3 is 2.60 bits per heavy atom. The number of benzene rings is 1. The number of rotatable bonds is 3. The predicted octanol–water partition coefficient (Wildman–Crippen LogP) is 2.04. The van der Waals surface area contributed by atoms with Crippen LogP contribution in [0.3, 0.4) is 0 Å². The zero-order valence-electron chi connectivity index (χ0n) is 12.3. The fraction of sp³-hybridized carbons (Fsp3) is 0.588.